The van der Waals surface area contributed by atoms with Crippen LogP contribution in [0.25, 0.3) is 0 Å². The van der Waals surface area contributed by atoms with E-state index in [4.69, 9.17) is 0 Å². The number of hydrogen-bond donors (Lipinski definition) is 2. The molecule has 6 heteroatoms. The summed E-state index contributed by atoms with van der Waals surface area (Å²) in [7, 11) is 0. The molecule has 1 aromatic heterocycles. The second-order valence-corrected chi connectivity index (χ2v) is 4.21. The van der Waals surface area contributed by atoms with Crippen LogP contribution in [0.1, 0.15) is 23.7 Å². The van der Waals surface area contributed by atoms with Gasteiger partial charge < -0.3 is 0 Å². The van der Waals surface area contributed by atoms with Gasteiger partial charge >= 0.3 is 0 Å². The normalized spacial score (nSPS) is 11.4. The molecule has 19 heavy (non-hydrogen) atoms. The Hall–Kier alpha value is -2.50. The molecule has 0 fully saturated rings. The molecule has 1 aromatic carbocycles. The lowest BCUT2D eigenvalue weighted by molar-refractivity contribution is 0.897. The summed E-state index contributed by atoms with van der Waals surface area (Å²) in [5, 5.41) is 11.7. The highest BCUT2D eigenvalue weighted by Gasteiger charge is 2.02. The molecule has 0 spiro atoms. The molecule has 0 amide bonds. The number of aromatic amines is 1. The van der Waals surface area contributed by atoms with Crippen LogP contribution in [-0.4, -0.2) is 20.9 Å². The van der Waals surface area contributed by atoms with E-state index in [-0.39, 0.29) is 11.5 Å². The number of rotatable bonds is 3. The lowest BCUT2D eigenvalue weighted by Crippen LogP contribution is -2.16. The van der Waals surface area contributed by atoms with Crippen molar-refractivity contribution in [3.8, 4) is 0 Å². The molecule has 0 radical (unpaired) electrons. The van der Waals surface area contributed by atoms with Crippen LogP contribution in [0.15, 0.2) is 34.2 Å². The first-order chi connectivity index (χ1) is 9.08. The second-order valence-electron chi connectivity index (χ2n) is 4.21. The van der Waals surface area contributed by atoms with Gasteiger partial charge in [0.2, 0.25) is 5.95 Å². The average molecular weight is 257 g/mol. The number of hydrazone groups is 1. The van der Waals surface area contributed by atoms with Gasteiger partial charge in [-0.2, -0.15) is 5.10 Å². The summed E-state index contributed by atoms with van der Waals surface area (Å²) in [6, 6.07) is 7.93. The summed E-state index contributed by atoms with van der Waals surface area (Å²) >= 11 is 0. The van der Waals surface area contributed by atoms with Crippen molar-refractivity contribution in [2.75, 3.05) is 5.43 Å². The number of nitrogens with zero attached hydrogens (tertiary/aromatic N) is 3. The molecule has 0 unspecified atom stereocenters. The highest BCUT2D eigenvalue weighted by Crippen LogP contribution is 2.08. The summed E-state index contributed by atoms with van der Waals surface area (Å²) in [4.78, 5) is 13.9. The zero-order valence-electron chi connectivity index (χ0n) is 11.1. The van der Waals surface area contributed by atoms with Crippen molar-refractivity contribution in [2.24, 2.45) is 5.10 Å². The average Bonchev–Trinajstić information content (AvgIpc) is 2.40. The minimum atomic E-state index is -0.277. The van der Waals surface area contributed by atoms with E-state index in [2.05, 4.69) is 25.7 Å². The lowest BCUT2D eigenvalue weighted by atomic mass is 10.1. The van der Waals surface area contributed by atoms with Crippen molar-refractivity contribution in [1.82, 2.24) is 15.2 Å². The Morgan fingerprint density at radius 1 is 1.26 bits per heavy atom. The van der Waals surface area contributed by atoms with Crippen LogP contribution in [0.3, 0.4) is 0 Å². The number of nitrogens with one attached hydrogen (secondary N) is 2. The Bertz CT molecular complexity index is 675. The summed E-state index contributed by atoms with van der Waals surface area (Å²) in [6.45, 7) is 5.49. The SMILES string of the molecule is C/C(=N/Nc1nnc(C)c(=O)[nH]1)c1ccccc1C. The molecule has 0 saturated heterocycles. The minimum Gasteiger partial charge on any atom is -0.288 e. The van der Waals surface area contributed by atoms with Gasteiger partial charge in [-0.05, 0) is 26.3 Å². The zero-order chi connectivity index (χ0) is 13.8. The van der Waals surface area contributed by atoms with Crippen LogP contribution in [0.4, 0.5) is 5.95 Å². The van der Waals surface area contributed by atoms with E-state index in [1.165, 1.54) is 0 Å². The number of anilines is 1. The summed E-state index contributed by atoms with van der Waals surface area (Å²) in [6.07, 6.45) is 0. The third-order valence-electron chi connectivity index (χ3n) is 2.72. The molecule has 2 N–H and O–H groups in total. The van der Waals surface area contributed by atoms with Crippen LogP contribution in [0.5, 0.6) is 0 Å². The van der Waals surface area contributed by atoms with E-state index in [1.54, 1.807) is 6.92 Å². The van der Waals surface area contributed by atoms with Gasteiger partial charge in [0.25, 0.3) is 5.56 Å². The van der Waals surface area contributed by atoms with Gasteiger partial charge in [0.05, 0.1) is 5.71 Å². The number of benzene rings is 1. The molecular weight excluding hydrogens is 242 g/mol. The Morgan fingerprint density at radius 3 is 2.68 bits per heavy atom. The zero-order valence-corrected chi connectivity index (χ0v) is 11.1. The number of aryl methyl sites for hydroxylation is 2. The third-order valence-corrected chi connectivity index (χ3v) is 2.72. The molecular formula is C13H15N5O. The molecule has 2 rings (SSSR count). The van der Waals surface area contributed by atoms with Gasteiger partial charge in [0, 0.05) is 5.56 Å². The van der Waals surface area contributed by atoms with Crippen molar-refractivity contribution in [3.05, 3.63) is 51.4 Å². The van der Waals surface area contributed by atoms with Gasteiger partial charge in [0.15, 0.2) is 0 Å². The van der Waals surface area contributed by atoms with Crippen molar-refractivity contribution < 1.29 is 0 Å². The van der Waals surface area contributed by atoms with Gasteiger partial charge in [0.1, 0.15) is 5.69 Å². The van der Waals surface area contributed by atoms with Crippen LogP contribution in [-0.2, 0) is 0 Å². The maximum atomic E-state index is 11.4. The molecule has 2 aromatic rings. The second kappa shape index (κ2) is 5.43. The molecule has 0 atom stereocenters. The van der Waals surface area contributed by atoms with E-state index in [9.17, 15) is 4.79 Å². The Labute approximate surface area is 110 Å². The molecule has 98 valence electrons. The van der Waals surface area contributed by atoms with E-state index in [0.717, 1.165) is 16.8 Å². The van der Waals surface area contributed by atoms with Crippen LogP contribution in [0.2, 0.25) is 0 Å². The van der Waals surface area contributed by atoms with E-state index in [1.807, 2.05) is 38.1 Å². The van der Waals surface area contributed by atoms with Gasteiger partial charge in [-0.15, -0.1) is 10.2 Å². The first-order valence-corrected chi connectivity index (χ1v) is 5.88. The molecule has 0 aliphatic carbocycles. The fraction of sp³-hybridized carbons (Fsp3) is 0.231. The fourth-order valence-corrected chi connectivity index (χ4v) is 1.62. The van der Waals surface area contributed by atoms with Crippen LogP contribution in [0, 0.1) is 13.8 Å². The quantitative estimate of drug-likeness (QED) is 0.646. The number of H-pyrrole nitrogens is 1. The van der Waals surface area contributed by atoms with Crippen LogP contribution >= 0.6 is 0 Å². The smallest absolute Gasteiger partial charge is 0.274 e. The van der Waals surface area contributed by atoms with Crippen LogP contribution < -0.4 is 11.0 Å². The summed E-state index contributed by atoms with van der Waals surface area (Å²) in [5.74, 6) is 0.225. The highest BCUT2D eigenvalue weighted by atomic mass is 16.1. The summed E-state index contributed by atoms with van der Waals surface area (Å²) in [5.41, 5.74) is 5.72. The van der Waals surface area contributed by atoms with Crippen molar-refractivity contribution >= 4 is 11.7 Å². The van der Waals surface area contributed by atoms with E-state index in [0.29, 0.717) is 5.69 Å². The molecule has 0 aliphatic rings. The van der Waals surface area contributed by atoms with E-state index < -0.39 is 0 Å². The Kier molecular flexibility index (Phi) is 3.70. The van der Waals surface area contributed by atoms with Gasteiger partial charge in [-0.1, -0.05) is 24.3 Å². The van der Waals surface area contributed by atoms with Gasteiger partial charge in [-0.3, -0.25) is 9.78 Å². The van der Waals surface area contributed by atoms with Crippen molar-refractivity contribution in [3.63, 3.8) is 0 Å². The molecule has 0 bridgehead atoms. The van der Waals surface area contributed by atoms with Crippen molar-refractivity contribution in [1.29, 1.82) is 0 Å². The fourth-order valence-electron chi connectivity index (χ4n) is 1.62. The minimum absolute atomic E-state index is 0.225. The first kappa shape index (κ1) is 12.9. The van der Waals surface area contributed by atoms with Gasteiger partial charge in [-0.25, -0.2) is 5.43 Å². The molecule has 0 aliphatic heterocycles. The van der Waals surface area contributed by atoms with E-state index >= 15 is 0 Å². The lowest BCUT2D eigenvalue weighted by Gasteiger charge is -2.05. The number of aromatic nitrogens is 3. The maximum absolute atomic E-state index is 11.4. The summed E-state index contributed by atoms with van der Waals surface area (Å²) < 4.78 is 0. The monoisotopic (exact) mass is 257 g/mol. The Morgan fingerprint density at radius 2 is 2.00 bits per heavy atom. The maximum Gasteiger partial charge on any atom is 0.274 e. The Balaban J connectivity index is 2.21. The highest BCUT2D eigenvalue weighted by molar-refractivity contribution is 6.00. The number of hydrogen-bond acceptors (Lipinski definition) is 5. The molecule has 1 heterocycles. The predicted molar refractivity (Wildman–Crippen MR) is 74.4 cm³/mol. The van der Waals surface area contributed by atoms with Crippen molar-refractivity contribution in [2.45, 2.75) is 20.8 Å². The third kappa shape index (κ3) is 3.04. The topological polar surface area (TPSA) is 83.0 Å². The first-order valence-electron chi connectivity index (χ1n) is 5.88. The molecule has 6 nitrogen and oxygen atoms in total. The largest absolute Gasteiger partial charge is 0.288 e. The molecule has 0 saturated carbocycles. The standard InChI is InChI=1S/C13H15N5O/c1-8-6-4-5-7-11(8)9(2)15-17-13-14-12(19)10(3)16-18-13/h4-7H,1-3H3,(H2,14,17,18,19)/b15-9-. The predicted octanol–water partition coefficient (Wildman–Crippen LogP) is 1.62.